The number of carbonyl (C=O) groups is 1. The number of methoxy groups -OCH3 is 2. The van der Waals surface area contributed by atoms with Gasteiger partial charge in [-0.15, -0.1) is 0 Å². The van der Waals surface area contributed by atoms with Crippen molar-refractivity contribution >= 4 is 16.9 Å². The number of nitrogens with one attached hydrogen (secondary N) is 1. The molecule has 0 saturated carbocycles. The van der Waals surface area contributed by atoms with E-state index in [0.717, 1.165) is 16.5 Å². The zero-order valence-electron chi connectivity index (χ0n) is 16.0. The monoisotopic (exact) mass is 405 g/mol. The Morgan fingerprint density at radius 3 is 2.66 bits per heavy atom. The molecule has 1 heterocycles. The number of carbonyl (C=O) groups excluding carboxylic acids is 1. The van der Waals surface area contributed by atoms with Crippen molar-refractivity contribution in [2.45, 2.75) is 19.5 Å². The Labute approximate surface area is 166 Å². The molecular formula is C21H21F2NO5. The van der Waals surface area contributed by atoms with E-state index in [1.165, 1.54) is 13.2 Å². The zero-order valence-corrected chi connectivity index (χ0v) is 16.0. The summed E-state index contributed by atoms with van der Waals surface area (Å²) in [6.07, 6.45) is 2.26. The van der Waals surface area contributed by atoms with Crippen LogP contribution in [0, 0.1) is 0 Å². The van der Waals surface area contributed by atoms with E-state index < -0.39 is 6.61 Å². The largest absolute Gasteiger partial charge is 0.497 e. The number of hydrogen-bond donors (Lipinski definition) is 1. The second-order valence-electron chi connectivity index (χ2n) is 6.26. The number of alkyl halides is 2. The fourth-order valence-electron chi connectivity index (χ4n) is 2.97. The predicted octanol–water partition coefficient (Wildman–Crippen LogP) is 3.95. The molecule has 0 atom stereocenters. The van der Waals surface area contributed by atoms with Gasteiger partial charge in [0.2, 0.25) is 5.91 Å². The molecule has 1 amide bonds. The molecule has 2 aromatic carbocycles. The lowest BCUT2D eigenvalue weighted by molar-refractivity contribution is -0.120. The third-order valence-electron chi connectivity index (χ3n) is 4.39. The van der Waals surface area contributed by atoms with Gasteiger partial charge in [0.05, 0.1) is 26.9 Å². The summed E-state index contributed by atoms with van der Waals surface area (Å²) in [7, 11) is 2.96. The zero-order chi connectivity index (χ0) is 20.8. The fourth-order valence-corrected chi connectivity index (χ4v) is 2.97. The van der Waals surface area contributed by atoms with Crippen LogP contribution >= 0.6 is 0 Å². The first-order valence-corrected chi connectivity index (χ1v) is 8.92. The minimum absolute atomic E-state index is 0.0289. The van der Waals surface area contributed by atoms with Crippen LogP contribution in [-0.2, 0) is 17.6 Å². The normalized spacial score (nSPS) is 10.9. The van der Waals surface area contributed by atoms with Gasteiger partial charge in [0, 0.05) is 23.6 Å². The van der Waals surface area contributed by atoms with Crippen LogP contribution in [0.1, 0.15) is 11.1 Å². The van der Waals surface area contributed by atoms with E-state index in [1.54, 1.807) is 31.6 Å². The van der Waals surface area contributed by atoms with Crippen molar-refractivity contribution in [3.05, 3.63) is 53.8 Å². The van der Waals surface area contributed by atoms with E-state index >= 15 is 0 Å². The Hall–Kier alpha value is -3.29. The Kier molecular flexibility index (Phi) is 6.54. The average Bonchev–Trinajstić information content (AvgIpc) is 3.10. The highest BCUT2D eigenvalue weighted by Crippen LogP contribution is 2.29. The van der Waals surface area contributed by atoms with Gasteiger partial charge < -0.3 is 23.9 Å². The summed E-state index contributed by atoms with van der Waals surface area (Å²) in [6.45, 7) is -2.53. The van der Waals surface area contributed by atoms with Gasteiger partial charge in [-0.25, -0.2) is 0 Å². The smallest absolute Gasteiger partial charge is 0.387 e. The van der Waals surface area contributed by atoms with Crippen LogP contribution in [0.3, 0.4) is 0 Å². The molecule has 0 saturated heterocycles. The maximum absolute atomic E-state index is 12.4. The summed E-state index contributed by atoms with van der Waals surface area (Å²) in [6, 6.07) is 10.1. The molecule has 6 nitrogen and oxygen atoms in total. The summed E-state index contributed by atoms with van der Waals surface area (Å²) in [4.78, 5) is 12.3. The third-order valence-corrected chi connectivity index (χ3v) is 4.39. The highest BCUT2D eigenvalue weighted by atomic mass is 19.3. The third kappa shape index (κ3) is 5.16. The highest BCUT2D eigenvalue weighted by Gasteiger charge is 2.13. The number of amides is 1. The van der Waals surface area contributed by atoms with Crippen LogP contribution in [0.5, 0.6) is 17.2 Å². The molecule has 8 heteroatoms. The number of hydrogen-bond acceptors (Lipinski definition) is 5. The van der Waals surface area contributed by atoms with Crippen molar-refractivity contribution in [2.24, 2.45) is 0 Å². The summed E-state index contributed by atoms with van der Waals surface area (Å²) >= 11 is 0. The molecule has 0 aliphatic rings. The Morgan fingerprint density at radius 2 is 1.93 bits per heavy atom. The first-order chi connectivity index (χ1) is 14.0. The van der Waals surface area contributed by atoms with Gasteiger partial charge >= 0.3 is 6.61 Å². The minimum atomic E-state index is -2.92. The summed E-state index contributed by atoms with van der Waals surface area (Å²) in [5, 5.41) is 3.71. The second-order valence-corrected chi connectivity index (χ2v) is 6.26. The topological polar surface area (TPSA) is 69.9 Å². The second kappa shape index (κ2) is 9.27. The number of fused-ring (bicyclic) bond motifs is 1. The molecule has 29 heavy (non-hydrogen) atoms. The maximum atomic E-state index is 12.4. The molecule has 0 fully saturated rings. The molecule has 0 aliphatic carbocycles. The van der Waals surface area contributed by atoms with Crippen LogP contribution < -0.4 is 19.5 Å². The van der Waals surface area contributed by atoms with E-state index in [4.69, 9.17) is 13.9 Å². The van der Waals surface area contributed by atoms with Crippen molar-refractivity contribution in [2.75, 3.05) is 20.8 Å². The molecule has 0 radical (unpaired) electrons. The SMILES string of the molecule is COc1ccc2c(CC(=O)NCCc3ccc(OC(F)F)c(OC)c3)coc2c1. The number of ether oxygens (including phenoxy) is 3. The Bertz CT molecular complexity index is 986. The van der Waals surface area contributed by atoms with E-state index in [0.29, 0.717) is 24.3 Å². The molecule has 3 aromatic rings. The standard InChI is InChI=1S/C21H21F2NO5/c1-26-15-4-5-16-14(12-28-18(16)11-15)10-20(25)24-8-7-13-3-6-17(29-21(22)23)19(9-13)27-2/h3-6,9,11-12,21H,7-8,10H2,1-2H3,(H,24,25). The molecule has 0 unspecified atom stereocenters. The van der Waals surface area contributed by atoms with Gasteiger partial charge in [-0.1, -0.05) is 6.07 Å². The molecule has 1 N–H and O–H groups in total. The van der Waals surface area contributed by atoms with E-state index in [2.05, 4.69) is 10.1 Å². The van der Waals surface area contributed by atoms with Crippen LogP contribution in [0.15, 0.2) is 47.1 Å². The molecule has 1 aromatic heterocycles. The van der Waals surface area contributed by atoms with Crippen molar-refractivity contribution in [1.82, 2.24) is 5.32 Å². The van der Waals surface area contributed by atoms with Crippen LogP contribution in [0.25, 0.3) is 11.0 Å². The first kappa shape index (κ1) is 20.4. The molecule has 0 bridgehead atoms. The molecule has 0 spiro atoms. The number of furan rings is 1. The van der Waals surface area contributed by atoms with Gasteiger partial charge in [0.15, 0.2) is 11.5 Å². The number of benzene rings is 2. The lowest BCUT2D eigenvalue weighted by atomic mass is 10.1. The van der Waals surface area contributed by atoms with Crippen LogP contribution in [0.2, 0.25) is 0 Å². The van der Waals surface area contributed by atoms with Gasteiger partial charge in [0.1, 0.15) is 11.3 Å². The van der Waals surface area contributed by atoms with Crippen molar-refractivity contribution in [3.8, 4) is 17.2 Å². The average molecular weight is 405 g/mol. The minimum Gasteiger partial charge on any atom is -0.497 e. The van der Waals surface area contributed by atoms with E-state index in [9.17, 15) is 13.6 Å². The number of rotatable bonds is 9. The molecule has 3 rings (SSSR count). The van der Waals surface area contributed by atoms with Crippen LogP contribution in [0.4, 0.5) is 8.78 Å². The van der Waals surface area contributed by atoms with Crippen LogP contribution in [-0.4, -0.2) is 33.3 Å². The fraction of sp³-hybridized carbons (Fsp3) is 0.286. The first-order valence-electron chi connectivity index (χ1n) is 8.92. The summed E-state index contributed by atoms with van der Waals surface area (Å²) < 4.78 is 44.9. The van der Waals surface area contributed by atoms with Gasteiger partial charge in [0.25, 0.3) is 0 Å². The summed E-state index contributed by atoms with van der Waals surface area (Å²) in [5.74, 6) is 0.726. The molecular weight excluding hydrogens is 384 g/mol. The van der Waals surface area contributed by atoms with Crippen molar-refractivity contribution in [3.63, 3.8) is 0 Å². The molecule has 154 valence electrons. The Morgan fingerprint density at radius 1 is 1.10 bits per heavy atom. The van der Waals surface area contributed by atoms with Crippen molar-refractivity contribution < 1.29 is 32.2 Å². The Balaban J connectivity index is 1.55. The lowest BCUT2D eigenvalue weighted by Gasteiger charge is -2.11. The van der Waals surface area contributed by atoms with Gasteiger partial charge in [-0.3, -0.25) is 4.79 Å². The van der Waals surface area contributed by atoms with E-state index in [1.807, 2.05) is 12.1 Å². The maximum Gasteiger partial charge on any atom is 0.387 e. The number of halogens is 2. The highest BCUT2D eigenvalue weighted by molar-refractivity contribution is 5.88. The summed E-state index contributed by atoms with van der Waals surface area (Å²) in [5.41, 5.74) is 2.27. The van der Waals surface area contributed by atoms with Gasteiger partial charge in [-0.05, 0) is 36.2 Å². The predicted molar refractivity (Wildman–Crippen MR) is 103 cm³/mol. The quantitative estimate of drug-likeness (QED) is 0.584. The molecule has 0 aliphatic heterocycles. The van der Waals surface area contributed by atoms with Gasteiger partial charge in [-0.2, -0.15) is 8.78 Å². The van der Waals surface area contributed by atoms with Crippen molar-refractivity contribution in [1.29, 1.82) is 0 Å². The van der Waals surface area contributed by atoms with E-state index in [-0.39, 0.29) is 23.8 Å². The lowest BCUT2D eigenvalue weighted by Crippen LogP contribution is -2.27.